The Balaban J connectivity index is 2.08. The number of anilines is 1. The van der Waals surface area contributed by atoms with Crippen LogP contribution < -0.4 is 10.1 Å². The average molecular weight is 369 g/mol. The predicted molar refractivity (Wildman–Crippen MR) is 89.0 cm³/mol. The second-order valence-electron chi connectivity index (χ2n) is 5.18. The minimum Gasteiger partial charge on any atom is -0.486 e. The zero-order valence-electron chi connectivity index (χ0n) is 13.6. The van der Waals surface area contributed by atoms with E-state index in [2.05, 4.69) is 15.6 Å². The molecule has 1 aromatic carbocycles. The molecule has 9 nitrogen and oxygen atoms in total. The largest absolute Gasteiger partial charge is 0.486 e. The van der Waals surface area contributed by atoms with E-state index < -0.39 is 11.9 Å². The monoisotopic (exact) mass is 368 g/mol. The molecule has 0 aliphatic carbocycles. The molecule has 25 heavy (non-hydrogen) atoms. The van der Waals surface area contributed by atoms with Crippen LogP contribution in [-0.2, 0) is 16.1 Å². The van der Waals surface area contributed by atoms with E-state index in [4.69, 9.17) is 26.2 Å². The van der Waals surface area contributed by atoms with Gasteiger partial charge in [0.15, 0.2) is 5.69 Å². The van der Waals surface area contributed by atoms with Gasteiger partial charge in [0.05, 0.1) is 18.5 Å². The lowest BCUT2D eigenvalue weighted by Crippen LogP contribution is -2.22. The van der Waals surface area contributed by atoms with Gasteiger partial charge >= 0.3 is 5.97 Å². The molecule has 0 saturated carbocycles. The highest BCUT2D eigenvalue weighted by Gasteiger charge is 2.14. The van der Waals surface area contributed by atoms with Crippen LogP contribution in [0.15, 0.2) is 24.4 Å². The van der Waals surface area contributed by atoms with Crippen molar-refractivity contribution in [2.45, 2.75) is 19.6 Å². The Labute approximate surface area is 148 Å². The highest BCUT2D eigenvalue weighted by molar-refractivity contribution is 6.31. The maximum Gasteiger partial charge on any atom is 0.358 e. The molecule has 2 aromatic rings. The zero-order valence-corrected chi connectivity index (χ0v) is 14.4. The summed E-state index contributed by atoms with van der Waals surface area (Å²) >= 11 is 5.97. The van der Waals surface area contributed by atoms with Crippen molar-refractivity contribution in [1.29, 1.82) is 0 Å². The van der Waals surface area contributed by atoms with E-state index in [1.807, 2.05) is 6.92 Å². The van der Waals surface area contributed by atoms with Gasteiger partial charge < -0.3 is 19.9 Å². The summed E-state index contributed by atoms with van der Waals surface area (Å²) in [5, 5.41) is 18.9. The summed E-state index contributed by atoms with van der Waals surface area (Å²) in [6.45, 7) is 2.00. The van der Waals surface area contributed by atoms with Gasteiger partial charge in [0.25, 0.3) is 0 Å². The van der Waals surface area contributed by atoms with Crippen molar-refractivity contribution in [2.75, 3.05) is 19.0 Å². The molecule has 0 saturated heterocycles. The van der Waals surface area contributed by atoms with E-state index >= 15 is 0 Å². The number of hydrogen-bond donors (Lipinski definition) is 2. The molecule has 1 amide bonds. The highest BCUT2D eigenvalue weighted by Crippen LogP contribution is 2.29. The topological polar surface area (TPSA) is 116 Å². The first-order valence-corrected chi connectivity index (χ1v) is 7.65. The number of carboxylic acids is 1. The van der Waals surface area contributed by atoms with Gasteiger partial charge in [0.2, 0.25) is 5.91 Å². The van der Waals surface area contributed by atoms with Crippen molar-refractivity contribution in [1.82, 2.24) is 15.0 Å². The van der Waals surface area contributed by atoms with E-state index in [1.165, 1.54) is 0 Å². The molecule has 2 N–H and O–H groups in total. The van der Waals surface area contributed by atoms with Gasteiger partial charge in [-0.15, -0.1) is 5.10 Å². The van der Waals surface area contributed by atoms with E-state index in [0.717, 1.165) is 10.9 Å². The van der Waals surface area contributed by atoms with Crippen LogP contribution in [0.2, 0.25) is 5.02 Å². The summed E-state index contributed by atoms with van der Waals surface area (Å²) in [7, 11) is 1.56. The Morgan fingerprint density at radius 2 is 2.20 bits per heavy atom. The number of ether oxygens (including phenoxy) is 2. The molecule has 1 atom stereocenters. The molecule has 1 aromatic heterocycles. The van der Waals surface area contributed by atoms with Gasteiger partial charge in [0.1, 0.15) is 18.4 Å². The number of aromatic carboxylic acids is 1. The van der Waals surface area contributed by atoms with Crippen LogP contribution in [0, 0.1) is 0 Å². The Hall–Kier alpha value is -2.65. The molecular formula is C15H17ClN4O5. The Kier molecular flexibility index (Phi) is 6.31. The number of nitrogens with zero attached hydrogens (tertiary/aromatic N) is 3. The number of hydrogen-bond acceptors (Lipinski definition) is 6. The number of carbonyl (C=O) groups is 2. The zero-order chi connectivity index (χ0) is 18.4. The Morgan fingerprint density at radius 3 is 2.84 bits per heavy atom. The molecule has 2 rings (SSSR count). The fraction of sp³-hybridized carbons (Fsp3) is 0.333. The number of rotatable bonds is 8. The molecule has 0 fully saturated rings. The van der Waals surface area contributed by atoms with E-state index in [0.29, 0.717) is 23.1 Å². The third kappa shape index (κ3) is 5.44. The predicted octanol–water partition coefficient (Wildman–Crippen LogP) is 1.68. The molecule has 0 aliphatic heterocycles. The number of methoxy groups -OCH3 is 1. The first kappa shape index (κ1) is 18.7. The lowest BCUT2D eigenvalue weighted by atomic mass is 10.2. The van der Waals surface area contributed by atoms with Crippen LogP contribution in [0.3, 0.4) is 0 Å². The fourth-order valence-electron chi connectivity index (χ4n) is 2.00. The summed E-state index contributed by atoms with van der Waals surface area (Å²) in [5.41, 5.74) is 0.145. The van der Waals surface area contributed by atoms with Gasteiger partial charge in [0, 0.05) is 12.1 Å². The van der Waals surface area contributed by atoms with Crippen molar-refractivity contribution in [2.24, 2.45) is 0 Å². The molecule has 0 spiro atoms. The smallest absolute Gasteiger partial charge is 0.358 e. The lowest BCUT2D eigenvalue weighted by molar-refractivity contribution is -0.117. The maximum absolute atomic E-state index is 12.2. The number of aromatic nitrogens is 3. The van der Waals surface area contributed by atoms with Crippen molar-refractivity contribution in [3.05, 3.63) is 35.1 Å². The number of halogens is 1. The van der Waals surface area contributed by atoms with Gasteiger partial charge in [-0.05, 0) is 25.1 Å². The molecule has 0 bridgehead atoms. The first-order valence-electron chi connectivity index (χ1n) is 7.27. The summed E-state index contributed by atoms with van der Waals surface area (Å²) in [6.07, 6.45) is 0.938. The minimum atomic E-state index is -1.22. The molecule has 134 valence electrons. The first-order chi connectivity index (χ1) is 11.9. The van der Waals surface area contributed by atoms with E-state index in [1.54, 1.807) is 25.3 Å². The van der Waals surface area contributed by atoms with Crippen LogP contribution in [0.5, 0.6) is 5.75 Å². The summed E-state index contributed by atoms with van der Waals surface area (Å²) < 4.78 is 11.9. The summed E-state index contributed by atoms with van der Waals surface area (Å²) in [5.74, 6) is -1.22. The second kappa shape index (κ2) is 8.45. The lowest BCUT2D eigenvalue weighted by Gasteiger charge is -2.17. The summed E-state index contributed by atoms with van der Waals surface area (Å²) in [4.78, 5) is 22.9. The number of nitrogens with one attached hydrogen (secondary N) is 1. The Bertz CT molecular complexity index is 764. The van der Waals surface area contributed by atoms with Gasteiger partial charge in [-0.25, -0.2) is 9.48 Å². The van der Waals surface area contributed by atoms with Gasteiger partial charge in [-0.1, -0.05) is 16.8 Å². The molecular weight excluding hydrogens is 352 g/mol. The molecule has 10 heteroatoms. The standard InChI is InChI=1S/C15H17ClN4O5/c1-9(8-24-2)25-13-4-3-10(16)5-11(13)17-14(21)7-20-6-12(15(22)23)18-19-20/h3-6,9H,7-8H2,1-2H3,(H,17,21)(H,22,23). The number of carboxylic acid groups (broad SMARTS) is 1. The molecule has 0 radical (unpaired) electrons. The van der Waals surface area contributed by atoms with Crippen LogP contribution in [0.25, 0.3) is 0 Å². The highest BCUT2D eigenvalue weighted by atomic mass is 35.5. The van der Waals surface area contributed by atoms with Crippen LogP contribution in [-0.4, -0.2) is 51.8 Å². The third-order valence-corrected chi connectivity index (χ3v) is 3.24. The van der Waals surface area contributed by atoms with Crippen molar-refractivity contribution < 1.29 is 24.2 Å². The van der Waals surface area contributed by atoms with Gasteiger partial charge in [-0.3, -0.25) is 4.79 Å². The number of amides is 1. The van der Waals surface area contributed by atoms with Crippen molar-refractivity contribution in [3.63, 3.8) is 0 Å². The molecule has 1 unspecified atom stereocenters. The number of carbonyl (C=O) groups excluding carboxylic acids is 1. The third-order valence-electron chi connectivity index (χ3n) is 3.01. The van der Waals surface area contributed by atoms with Crippen molar-refractivity contribution >= 4 is 29.2 Å². The summed E-state index contributed by atoms with van der Waals surface area (Å²) in [6, 6.07) is 4.84. The average Bonchev–Trinajstić information content (AvgIpc) is 2.99. The second-order valence-corrected chi connectivity index (χ2v) is 5.62. The van der Waals surface area contributed by atoms with Crippen LogP contribution in [0.1, 0.15) is 17.4 Å². The normalized spacial score (nSPS) is 11.8. The quantitative estimate of drug-likeness (QED) is 0.728. The molecule has 0 aliphatic rings. The van der Waals surface area contributed by atoms with Crippen molar-refractivity contribution in [3.8, 4) is 5.75 Å². The minimum absolute atomic E-state index is 0.208. The van der Waals surface area contributed by atoms with Gasteiger partial charge in [-0.2, -0.15) is 0 Å². The maximum atomic E-state index is 12.2. The van der Waals surface area contributed by atoms with Crippen LogP contribution in [0.4, 0.5) is 5.69 Å². The number of benzene rings is 1. The van der Waals surface area contributed by atoms with E-state index in [-0.39, 0.29) is 18.3 Å². The van der Waals surface area contributed by atoms with Crippen LogP contribution >= 0.6 is 11.6 Å². The molecule has 1 heterocycles. The SMILES string of the molecule is COCC(C)Oc1ccc(Cl)cc1NC(=O)Cn1cc(C(=O)O)nn1. The fourth-order valence-corrected chi connectivity index (χ4v) is 2.17. The van der Waals surface area contributed by atoms with E-state index in [9.17, 15) is 9.59 Å². The Morgan fingerprint density at radius 1 is 1.44 bits per heavy atom.